The molecule has 0 aliphatic heterocycles. The van der Waals surface area contributed by atoms with E-state index in [1.807, 2.05) is 25.9 Å². The van der Waals surface area contributed by atoms with Gasteiger partial charge in [-0.05, 0) is 39.6 Å². The van der Waals surface area contributed by atoms with E-state index in [2.05, 4.69) is 5.32 Å². The molecule has 0 heterocycles. The molecule has 0 saturated heterocycles. The van der Waals surface area contributed by atoms with Gasteiger partial charge in [-0.3, -0.25) is 10.1 Å². The molecular weight excluding hydrogens is 246 g/mol. The van der Waals surface area contributed by atoms with Crippen molar-refractivity contribution < 1.29 is 9.66 Å². The normalized spacial score (nSPS) is 10.5. The number of ether oxygens (including phenoxy) is 1. The van der Waals surface area contributed by atoms with Crippen LogP contribution in [0.4, 0.5) is 11.4 Å². The van der Waals surface area contributed by atoms with Crippen LogP contribution in [0.15, 0.2) is 18.2 Å². The van der Waals surface area contributed by atoms with Crippen molar-refractivity contribution in [2.45, 2.75) is 13.3 Å². The number of nitrogens with zero attached hydrogens (tertiary/aromatic N) is 2. The van der Waals surface area contributed by atoms with Gasteiger partial charge in [0, 0.05) is 13.1 Å². The Bertz CT molecular complexity index is 422. The molecule has 106 valence electrons. The van der Waals surface area contributed by atoms with Gasteiger partial charge in [0.1, 0.15) is 5.69 Å². The van der Waals surface area contributed by atoms with Gasteiger partial charge < -0.3 is 15.0 Å². The first-order chi connectivity index (χ1) is 9.06. The first-order valence-corrected chi connectivity index (χ1v) is 6.35. The van der Waals surface area contributed by atoms with Crippen molar-refractivity contribution >= 4 is 11.4 Å². The molecule has 0 saturated carbocycles. The van der Waals surface area contributed by atoms with Gasteiger partial charge in [-0.1, -0.05) is 6.07 Å². The van der Waals surface area contributed by atoms with Crippen LogP contribution in [0.5, 0.6) is 5.75 Å². The highest BCUT2D eigenvalue weighted by atomic mass is 16.6. The molecule has 0 aromatic heterocycles. The Kier molecular flexibility index (Phi) is 6.08. The van der Waals surface area contributed by atoms with E-state index in [9.17, 15) is 10.1 Å². The smallest absolute Gasteiger partial charge is 0.333 e. The zero-order valence-corrected chi connectivity index (χ0v) is 11.7. The SMILES string of the molecule is CCNc1cccc(OCCCN(C)C)c1[N+](=O)[O-]. The van der Waals surface area contributed by atoms with E-state index >= 15 is 0 Å². The molecule has 1 aromatic rings. The van der Waals surface area contributed by atoms with Gasteiger partial charge in [-0.15, -0.1) is 0 Å². The van der Waals surface area contributed by atoms with Gasteiger partial charge in [-0.25, -0.2) is 0 Å². The summed E-state index contributed by atoms with van der Waals surface area (Å²) in [5.74, 6) is 0.321. The molecule has 1 N–H and O–H groups in total. The highest BCUT2D eigenvalue weighted by Crippen LogP contribution is 2.34. The predicted molar refractivity (Wildman–Crippen MR) is 75.9 cm³/mol. The molecule has 0 radical (unpaired) electrons. The van der Waals surface area contributed by atoms with Crippen molar-refractivity contribution in [2.75, 3.05) is 39.1 Å². The van der Waals surface area contributed by atoms with E-state index in [0.717, 1.165) is 13.0 Å². The summed E-state index contributed by atoms with van der Waals surface area (Å²) < 4.78 is 5.53. The van der Waals surface area contributed by atoms with E-state index in [1.165, 1.54) is 0 Å². The molecule has 0 aliphatic carbocycles. The van der Waals surface area contributed by atoms with E-state index in [0.29, 0.717) is 24.6 Å². The van der Waals surface area contributed by atoms with Crippen LogP contribution in [0.25, 0.3) is 0 Å². The fourth-order valence-electron chi connectivity index (χ4n) is 1.72. The second kappa shape index (κ2) is 7.58. The number of hydrogen-bond acceptors (Lipinski definition) is 5. The van der Waals surface area contributed by atoms with Gasteiger partial charge in [0.2, 0.25) is 0 Å². The number of anilines is 1. The van der Waals surface area contributed by atoms with Crippen LogP contribution >= 0.6 is 0 Å². The minimum absolute atomic E-state index is 0.00852. The lowest BCUT2D eigenvalue weighted by Gasteiger charge is -2.12. The molecule has 19 heavy (non-hydrogen) atoms. The molecule has 0 amide bonds. The monoisotopic (exact) mass is 267 g/mol. The number of rotatable bonds is 8. The highest BCUT2D eigenvalue weighted by molar-refractivity contribution is 5.68. The summed E-state index contributed by atoms with van der Waals surface area (Å²) in [4.78, 5) is 12.8. The molecule has 0 atom stereocenters. The Morgan fingerprint density at radius 1 is 1.42 bits per heavy atom. The number of nitro groups is 1. The zero-order chi connectivity index (χ0) is 14.3. The Hall–Kier alpha value is -1.82. The minimum Gasteiger partial charge on any atom is -0.487 e. The van der Waals surface area contributed by atoms with Crippen LogP contribution in [-0.4, -0.2) is 43.6 Å². The maximum absolute atomic E-state index is 11.1. The third-order valence-corrected chi connectivity index (χ3v) is 2.56. The number of nitrogens with one attached hydrogen (secondary N) is 1. The summed E-state index contributed by atoms with van der Waals surface area (Å²) in [6, 6.07) is 5.08. The van der Waals surface area contributed by atoms with E-state index in [4.69, 9.17) is 4.74 Å². The van der Waals surface area contributed by atoms with Gasteiger partial charge in [0.25, 0.3) is 0 Å². The standard InChI is InChI=1S/C13H21N3O3/c1-4-14-11-7-5-8-12(13(11)16(17)18)19-10-6-9-15(2)3/h5,7-8,14H,4,6,9-10H2,1-3H3. The second-order valence-electron chi connectivity index (χ2n) is 4.45. The van der Waals surface area contributed by atoms with Crippen molar-refractivity contribution in [2.24, 2.45) is 0 Å². The number of hydrogen-bond donors (Lipinski definition) is 1. The topological polar surface area (TPSA) is 67.6 Å². The van der Waals surface area contributed by atoms with Gasteiger partial charge in [0.15, 0.2) is 5.75 Å². The summed E-state index contributed by atoms with van der Waals surface area (Å²) in [5.41, 5.74) is 0.506. The van der Waals surface area contributed by atoms with Crippen molar-refractivity contribution in [3.05, 3.63) is 28.3 Å². The lowest BCUT2D eigenvalue weighted by atomic mass is 10.2. The van der Waals surface area contributed by atoms with E-state index in [-0.39, 0.29) is 5.69 Å². The van der Waals surface area contributed by atoms with Crippen LogP contribution in [0.1, 0.15) is 13.3 Å². The van der Waals surface area contributed by atoms with Crippen LogP contribution in [0.2, 0.25) is 0 Å². The number of para-hydroxylation sites is 1. The van der Waals surface area contributed by atoms with Gasteiger partial charge >= 0.3 is 5.69 Å². The first kappa shape index (κ1) is 15.2. The summed E-state index contributed by atoms with van der Waals surface area (Å²) in [6.07, 6.45) is 0.829. The average Bonchev–Trinajstić information content (AvgIpc) is 2.34. The third-order valence-electron chi connectivity index (χ3n) is 2.56. The second-order valence-corrected chi connectivity index (χ2v) is 4.45. The van der Waals surface area contributed by atoms with Crippen molar-refractivity contribution in [1.82, 2.24) is 4.90 Å². The fraction of sp³-hybridized carbons (Fsp3) is 0.538. The largest absolute Gasteiger partial charge is 0.487 e. The molecule has 0 bridgehead atoms. The summed E-state index contributed by atoms with van der Waals surface area (Å²) in [5, 5.41) is 14.1. The fourth-order valence-corrected chi connectivity index (χ4v) is 1.72. The molecule has 0 aliphatic rings. The van der Waals surface area contributed by atoms with Crippen molar-refractivity contribution in [1.29, 1.82) is 0 Å². The van der Waals surface area contributed by atoms with Crippen LogP contribution in [0, 0.1) is 10.1 Å². The average molecular weight is 267 g/mol. The van der Waals surface area contributed by atoms with Crippen molar-refractivity contribution in [3.63, 3.8) is 0 Å². The Morgan fingerprint density at radius 3 is 2.74 bits per heavy atom. The van der Waals surface area contributed by atoms with Crippen LogP contribution < -0.4 is 10.1 Å². The maximum Gasteiger partial charge on any atom is 0.333 e. The van der Waals surface area contributed by atoms with Crippen LogP contribution in [0.3, 0.4) is 0 Å². The molecule has 0 spiro atoms. The number of benzene rings is 1. The van der Waals surface area contributed by atoms with Gasteiger partial charge in [0.05, 0.1) is 11.5 Å². The molecule has 0 fully saturated rings. The van der Waals surface area contributed by atoms with E-state index < -0.39 is 4.92 Å². The molecular formula is C13H21N3O3. The van der Waals surface area contributed by atoms with Crippen LogP contribution in [-0.2, 0) is 0 Å². The molecule has 1 rings (SSSR count). The zero-order valence-electron chi connectivity index (χ0n) is 11.7. The predicted octanol–water partition coefficient (Wildman–Crippen LogP) is 2.36. The first-order valence-electron chi connectivity index (χ1n) is 6.35. The third kappa shape index (κ3) is 4.75. The number of nitro benzene ring substituents is 1. The quantitative estimate of drug-likeness (QED) is 0.445. The molecule has 6 nitrogen and oxygen atoms in total. The van der Waals surface area contributed by atoms with E-state index in [1.54, 1.807) is 18.2 Å². The van der Waals surface area contributed by atoms with Gasteiger partial charge in [-0.2, -0.15) is 0 Å². The molecule has 6 heteroatoms. The van der Waals surface area contributed by atoms with Crippen molar-refractivity contribution in [3.8, 4) is 5.75 Å². The summed E-state index contributed by atoms with van der Waals surface area (Å²) in [7, 11) is 3.96. The molecule has 0 unspecified atom stereocenters. The summed E-state index contributed by atoms with van der Waals surface area (Å²) >= 11 is 0. The summed E-state index contributed by atoms with van der Waals surface area (Å²) in [6.45, 7) is 3.88. The Balaban J connectivity index is 2.76. The lowest BCUT2D eigenvalue weighted by Crippen LogP contribution is -2.15. The molecule has 1 aromatic carbocycles. The maximum atomic E-state index is 11.1. The highest BCUT2D eigenvalue weighted by Gasteiger charge is 2.20. The lowest BCUT2D eigenvalue weighted by molar-refractivity contribution is -0.385. The minimum atomic E-state index is -0.403. The Morgan fingerprint density at radius 2 is 2.16 bits per heavy atom. The Labute approximate surface area is 113 Å².